The van der Waals surface area contributed by atoms with Gasteiger partial charge >= 0.3 is 0 Å². The summed E-state index contributed by atoms with van der Waals surface area (Å²) in [4.78, 5) is 0. The fraction of sp³-hybridized carbons (Fsp3) is 0.692. The van der Waals surface area contributed by atoms with Gasteiger partial charge < -0.3 is 10.2 Å². The van der Waals surface area contributed by atoms with Crippen molar-refractivity contribution in [1.82, 2.24) is 9.03 Å². The number of rotatable bonds is 6. The van der Waals surface area contributed by atoms with E-state index in [4.69, 9.17) is 10.2 Å². The minimum absolute atomic E-state index is 0.196. The molecular weight excluding hydrogens is 278 g/mol. The van der Waals surface area contributed by atoms with Gasteiger partial charge in [0.1, 0.15) is 5.76 Å². The van der Waals surface area contributed by atoms with Gasteiger partial charge in [-0.2, -0.15) is 17.4 Å². The van der Waals surface area contributed by atoms with Gasteiger partial charge in [0.05, 0.1) is 6.26 Å². The molecule has 6 nitrogen and oxygen atoms in total. The van der Waals surface area contributed by atoms with Crippen molar-refractivity contribution in [2.24, 2.45) is 11.7 Å². The van der Waals surface area contributed by atoms with Crippen molar-refractivity contribution in [2.75, 3.05) is 19.6 Å². The van der Waals surface area contributed by atoms with Crippen LogP contribution in [0.3, 0.4) is 0 Å². The van der Waals surface area contributed by atoms with Crippen molar-refractivity contribution in [3.05, 3.63) is 24.2 Å². The Hall–Kier alpha value is -0.890. The topological polar surface area (TPSA) is 88.6 Å². The quantitative estimate of drug-likeness (QED) is 0.810. The molecule has 2 heterocycles. The summed E-state index contributed by atoms with van der Waals surface area (Å²) in [5, 5.41) is 0. The summed E-state index contributed by atoms with van der Waals surface area (Å²) in [7, 11) is -3.42. The summed E-state index contributed by atoms with van der Waals surface area (Å²) in [6.45, 7) is 3.57. The SMILES string of the molecule is CC(Cc1ccco1)NS(=O)(=O)N1CCC(CN)CC1. The van der Waals surface area contributed by atoms with E-state index in [2.05, 4.69) is 4.72 Å². The van der Waals surface area contributed by atoms with Crippen LogP contribution < -0.4 is 10.5 Å². The molecule has 0 aliphatic carbocycles. The number of nitrogens with zero attached hydrogens (tertiary/aromatic N) is 1. The zero-order valence-electron chi connectivity index (χ0n) is 11.8. The highest BCUT2D eigenvalue weighted by atomic mass is 32.2. The predicted octanol–water partition coefficient (Wildman–Crippen LogP) is 0.716. The van der Waals surface area contributed by atoms with Crippen LogP contribution in [0.1, 0.15) is 25.5 Å². The molecule has 0 amide bonds. The standard InChI is InChI=1S/C13H23N3O3S/c1-11(9-13-3-2-8-19-13)15-20(17,18)16-6-4-12(10-14)5-7-16/h2-3,8,11-12,15H,4-7,9-10,14H2,1H3. The van der Waals surface area contributed by atoms with E-state index in [1.165, 1.54) is 4.31 Å². The number of piperidine rings is 1. The highest BCUT2D eigenvalue weighted by Crippen LogP contribution is 2.18. The van der Waals surface area contributed by atoms with Crippen LogP contribution in [0.25, 0.3) is 0 Å². The summed E-state index contributed by atoms with van der Waals surface area (Å²) < 4.78 is 34.0. The Kier molecular flexibility index (Phi) is 5.20. The summed E-state index contributed by atoms with van der Waals surface area (Å²) in [6, 6.07) is 3.45. The summed E-state index contributed by atoms with van der Waals surface area (Å²) in [5.74, 6) is 1.23. The molecule has 20 heavy (non-hydrogen) atoms. The molecule has 1 saturated heterocycles. The Labute approximate surface area is 120 Å². The van der Waals surface area contributed by atoms with Crippen LogP contribution in [-0.4, -0.2) is 38.4 Å². The Balaban J connectivity index is 1.87. The molecule has 1 aliphatic rings. The normalized spacial score (nSPS) is 20.1. The van der Waals surface area contributed by atoms with Gasteiger partial charge in [0.2, 0.25) is 0 Å². The molecule has 0 spiro atoms. The molecule has 1 unspecified atom stereocenters. The maximum Gasteiger partial charge on any atom is 0.279 e. The minimum atomic E-state index is -3.42. The minimum Gasteiger partial charge on any atom is -0.469 e. The van der Waals surface area contributed by atoms with Crippen LogP contribution in [0.4, 0.5) is 0 Å². The van der Waals surface area contributed by atoms with Crippen LogP contribution in [0.15, 0.2) is 22.8 Å². The molecule has 0 bridgehead atoms. The number of hydrogen-bond acceptors (Lipinski definition) is 4. The molecule has 3 N–H and O–H groups in total. The van der Waals surface area contributed by atoms with Gasteiger partial charge in [0.15, 0.2) is 0 Å². The maximum atomic E-state index is 12.3. The number of nitrogens with two attached hydrogens (primary N) is 1. The lowest BCUT2D eigenvalue weighted by molar-refractivity contribution is 0.274. The van der Waals surface area contributed by atoms with Crippen LogP contribution in [0.5, 0.6) is 0 Å². The molecule has 7 heteroatoms. The zero-order valence-corrected chi connectivity index (χ0v) is 12.6. The molecular formula is C13H23N3O3S. The van der Waals surface area contributed by atoms with E-state index >= 15 is 0 Å². The largest absolute Gasteiger partial charge is 0.469 e. The van der Waals surface area contributed by atoms with E-state index in [1.54, 1.807) is 12.3 Å². The van der Waals surface area contributed by atoms with Crippen LogP contribution in [0.2, 0.25) is 0 Å². The zero-order chi connectivity index (χ0) is 14.6. The molecule has 0 aromatic carbocycles. The summed E-state index contributed by atoms with van der Waals surface area (Å²) >= 11 is 0. The number of furan rings is 1. The van der Waals surface area contributed by atoms with Gasteiger partial charge in [-0.3, -0.25) is 0 Å². The first kappa shape index (κ1) is 15.5. The molecule has 1 atom stereocenters. The Morgan fingerprint density at radius 1 is 1.50 bits per heavy atom. The first-order chi connectivity index (χ1) is 9.51. The van der Waals surface area contributed by atoms with E-state index in [1.807, 2.05) is 13.0 Å². The fourth-order valence-corrected chi connectivity index (χ4v) is 3.92. The van der Waals surface area contributed by atoms with Gasteiger partial charge in [-0.25, -0.2) is 0 Å². The van der Waals surface area contributed by atoms with Gasteiger partial charge in [0.25, 0.3) is 10.2 Å². The molecule has 1 aromatic heterocycles. The number of hydrogen-bond donors (Lipinski definition) is 2. The van der Waals surface area contributed by atoms with Crippen molar-refractivity contribution in [2.45, 2.75) is 32.2 Å². The first-order valence-corrected chi connectivity index (χ1v) is 8.45. The molecule has 1 aromatic rings. The highest BCUT2D eigenvalue weighted by molar-refractivity contribution is 7.87. The number of nitrogens with one attached hydrogen (secondary N) is 1. The summed E-state index contributed by atoms with van der Waals surface area (Å²) in [5.41, 5.74) is 5.62. The average Bonchev–Trinajstić information content (AvgIpc) is 2.91. The molecule has 1 fully saturated rings. The van der Waals surface area contributed by atoms with E-state index in [9.17, 15) is 8.42 Å². The second-order valence-electron chi connectivity index (χ2n) is 5.39. The lowest BCUT2D eigenvalue weighted by atomic mass is 9.99. The van der Waals surface area contributed by atoms with E-state index in [0.29, 0.717) is 32.0 Å². The Morgan fingerprint density at radius 3 is 2.75 bits per heavy atom. The second kappa shape index (κ2) is 6.71. The Bertz CT molecular complexity index is 493. The maximum absolute atomic E-state index is 12.3. The van der Waals surface area contributed by atoms with Gasteiger partial charge in [-0.15, -0.1) is 0 Å². The van der Waals surface area contributed by atoms with Gasteiger partial charge in [0, 0.05) is 25.6 Å². The van der Waals surface area contributed by atoms with Gasteiger partial charge in [-0.05, 0) is 44.4 Å². The first-order valence-electron chi connectivity index (χ1n) is 7.01. The molecule has 114 valence electrons. The van der Waals surface area contributed by atoms with Crippen molar-refractivity contribution in [1.29, 1.82) is 0 Å². The lowest BCUT2D eigenvalue weighted by Gasteiger charge is -2.31. The second-order valence-corrected chi connectivity index (χ2v) is 7.09. The van der Waals surface area contributed by atoms with E-state index < -0.39 is 10.2 Å². The van der Waals surface area contributed by atoms with Crippen molar-refractivity contribution in [3.8, 4) is 0 Å². The fourth-order valence-electron chi connectivity index (χ4n) is 2.49. The smallest absolute Gasteiger partial charge is 0.279 e. The van der Waals surface area contributed by atoms with Crippen LogP contribution >= 0.6 is 0 Å². The average molecular weight is 301 g/mol. The molecule has 0 saturated carbocycles. The van der Waals surface area contributed by atoms with Crippen molar-refractivity contribution < 1.29 is 12.8 Å². The third kappa shape index (κ3) is 4.05. The van der Waals surface area contributed by atoms with E-state index in [-0.39, 0.29) is 6.04 Å². The molecule has 2 rings (SSSR count). The molecule has 0 radical (unpaired) electrons. The lowest BCUT2D eigenvalue weighted by Crippen LogP contribution is -2.48. The highest BCUT2D eigenvalue weighted by Gasteiger charge is 2.28. The summed E-state index contributed by atoms with van der Waals surface area (Å²) in [6.07, 6.45) is 3.81. The monoisotopic (exact) mass is 301 g/mol. The van der Waals surface area contributed by atoms with E-state index in [0.717, 1.165) is 18.6 Å². The van der Waals surface area contributed by atoms with Crippen molar-refractivity contribution in [3.63, 3.8) is 0 Å². The third-order valence-electron chi connectivity index (χ3n) is 3.68. The van der Waals surface area contributed by atoms with Crippen molar-refractivity contribution >= 4 is 10.2 Å². The molecule has 1 aliphatic heterocycles. The third-order valence-corrected chi connectivity index (χ3v) is 5.43. The predicted molar refractivity (Wildman–Crippen MR) is 77.3 cm³/mol. The van der Waals surface area contributed by atoms with Crippen LogP contribution in [0, 0.1) is 5.92 Å². The van der Waals surface area contributed by atoms with Crippen LogP contribution in [-0.2, 0) is 16.6 Å². The Morgan fingerprint density at radius 2 is 2.20 bits per heavy atom. The van der Waals surface area contributed by atoms with Gasteiger partial charge in [-0.1, -0.05) is 0 Å².